The molecule has 6 heteroatoms. The Hall–Kier alpha value is -3.28. The summed E-state index contributed by atoms with van der Waals surface area (Å²) in [5, 5.41) is 0. The van der Waals surface area contributed by atoms with Crippen LogP contribution in [0.1, 0.15) is 43.0 Å². The van der Waals surface area contributed by atoms with Crippen molar-refractivity contribution in [1.29, 1.82) is 0 Å². The Kier molecular flexibility index (Phi) is 6.22. The predicted molar refractivity (Wildman–Crippen MR) is 115 cm³/mol. The van der Waals surface area contributed by atoms with Crippen molar-refractivity contribution in [1.82, 2.24) is 15.0 Å². The topological polar surface area (TPSA) is 79.0 Å². The van der Waals surface area contributed by atoms with E-state index in [0.29, 0.717) is 29.4 Å². The van der Waals surface area contributed by atoms with Crippen molar-refractivity contribution in [3.63, 3.8) is 0 Å². The summed E-state index contributed by atoms with van der Waals surface area (Å²) in [5.74, 6) is 0.886. The predicted octanol–water partition coefficient (Wildman–Crippen LogP) is 3.86. The van der Waals surface area contributed by atoms with Gasteiger partial charge in [0, 0.05) is 48.4 Å². The summed E-state index contributed by atoms with van der Waals surface area (Å²) >= 11 is 0. The normalized spacial score (nSPS) is 10.9. The number of amides is 1. The lowest BCUT2D eigenvalue weighted by molar-refractivity contribution is -0.118. The molecule has 0 aliphatic carbocycles. The van der Waals surface area contributed by atoms with Crippen LogP contribution < -0.4 is 10.5 Å². The average molecular weight is 390 g/mol. The van der Waals surface area contributed by atoms with E-state index in [0.717, 1.165) is 11.3 Å². The Labute approximate surface area is 170 Å². The zero-order valence-electron chi connectivity index (χ0n) is 17.3. The van der Waals surface area contributed by atoms with Crippen LogP contribution in [0.3, 0.4) is 0 Å². The van der Waals surface area contributed by atoms with Crippen LogP contribution in [0.4, 0.5) is 5.69 Å². The van der Waals surface area contributed by atoms with Gasteiger partial charge in [-0.1, -0.05) is 26.0 Å². The van der Waals surface area contributed by atoms with Crippen molar-refractivity contribution in [2.24, 2.45) is 0 Å². The first-order valence-corrected chi connectivity index (χ1v) is 9.73. The second kappa shape index (κ2) is 8.82. The number of carbonyl (C=O) groups is 1. The number of hydrogen-bond donors (Lipinski definition) is 1. The largest absolute Gasteiger partial charge is 0.315 e. The number of aromatic amines is 1. The van der Waals surface area contributed by atoms with Crippen molar-refractivity contribution < 1.29 is 4.79 Å². The summed E-state index contributed by atoms with van der Waals surface area (Å²) < 4.78 is 0. The number of hydrogen-bond acceptors (Lipinski definition) is 4. The van der Waals surface area contributed by atoms with Gasteiger partial charge >= 0.3 is 0 Å². The molecule has 2 aromatic heterocycles. The summed E-state index contributed by atoms with van der Waals surface area (Å²) in [7, 11) is 1.76. The number of benzene rings is 1. The van der Waals surface area contributed by atoms with Crippen LogP contribution >= 0.6 is 0 Å². The van der Waals surface area contributed by atoms with E-state index < -0.39 is 0 Å². The molecule has 0 radical (unpaired) electrons. The van der Waals surface area contributed by atoms with Crippen molar-refractivity contribution in [3.8, 4) is 11.4 Å². The highest BCUT2D eigenvalue weighted by Gasteiger charge is 2.15. The Bertz CT molecular complexity index is 1040. The maximum atomic E-state index is 12.6. The number of aryl methyl sites for hydroxylation is 1. The van der Waals surface area contributed by atoms with Crippen molar-refractivity contribution in [2.45, 2.75) is 39.5 Å². The third-order valence-electron chi connectivity index (χ3n) is 5.07. The molecule has 0 unspecified atom stereocenters. The molecule has 29 heavy (non-hydrogen) atoms. The third-order valence-corrected chi connectivity index (χ3v) is 5.07. The van der Waals surface area contributed by atoms with Crippen LogP contribution in [0.5, 0.6) is 0 Å². The Morgan fingerprint density at radius 1 is 1.17 bits per heavy atom. The SMILES string of the molecule is Cc1nc(-c2cccnc2)[nH]c(=O)c1CCC(=O)N(C)c1ccc(C(C)C)cc1. The lowest BCUT2D eigenvalue weighted by Crippen LogP contribution is -2.27. The zero-order chi connectivity index (χ0) is 21.0. The Morgan fingerprint density at radius 3 is 2.48 bits per heavy atom. The van der Waals surface area contributed by atoms with Gasteiger partial charge in [-0.25, -0.2) is 4.98 Å². The minimum absolute atomic E-state index is 0.0440. The van der Waals surface area contributed by atoms with E-state index in [9.17, 15) is 9.59 Å². The van der Waals surface area contributed by atoms with Gasteiger partial charge in [-0.3, -0.25) is 14.6 Å². The molecule has 3 aromatic rings. The molecule has 0 fully saturated rings. The van der Waals surface area contributed by atoms with E-state index in [1.165, 1.54) is 5.56 Å². The summed E-state index contributed by atoms with van der Waals surface area (Å²) in [6, 6.07) is 11.6. The van der Waals surface area contributed by atoms with E-state index in [-0.39, 0.29) is 17.9 Å². The molecule has 0 spiro atoms. The summed E-state index contributed by atoms with van der Waals surface area (Å²) in [6.07, 6.45) is 3.90. The minimum atomic E-state index is -0.215. The second-order valence-electron chi connectivity index (χ2n) is 7.42. The molecule has 0 aliphatic heterocycles. The van der Waals surface area contributed by atoms with Crippen LogP contribution in [0, 0.1) is 6.92 Å². The summed E-state index contributed by atoms with van der Waals surface area (Å²) in [4.78, 5) is 38.2. The number of anilines is 1. The molecule has 1 aromatic carbocycles. The number of H-pyrrole nitrogens is 1. The fourth-order valence-corrected chi connectivity index (χ4v) is 3.17. The summed E-state index contributed by atoms with van der Waals surface area (Å²) in [5.41, 5.74) is 3.78. The lowest BCUT2D eigenvalue weighted by Gasteiger charge is -2.18. The lowest BCUT2D eigenvalue weighted by atomic mass is 10.0. The zero-order valence-corrected chi connectivity index (χ0v) is 17.3. The van der Waals surface area contributed by atoms with Crippen LogP contribution in [-0.2, 0) is 11.2 Å². The molecular weight excluding hydrogens is 364 g/mol. The van der Waals surface area contributed by atoms with Crippen LogP contribution in [0.15, 0.2) is 53.6 Å². The second-order valence-corrected chi connectivity index (χ2v) is 7.42. The van der Waals surface area contributed by atoms with Crippen molar-refractivity contribution >= 4 is 11.6 Å². The molecule has 0 aliphatic rings. The van der Waals surface area contributed by atoms with Gasteiger partial charge in [0.25, 0.3) is 5.56 Å². The van der Waals surface area contributed by atoms with Crippen LogP contribution in [-0.4, -0.2) is 27.9 Å². The number of aromatic nitrogens is 3. The fraction of sp³-hybridized carbons (Fsp3) is 0.304. The first-order chi connectivity index (χ1) is 13.9. The first kappa shape index (κ1) is 20.5. The smallest absolute Gasteiger partial charge is 0.254 e. The summed E-state index contributed by atoms with van der Waals surface area (Å²) in [6.45, 7) is 6.07. The molecule has 3 rings (SSSR count). The van der Waals surface area contributed by atoms with E-state index in [4.69, 9.17) is 0 Å². The molecule has 150 valence electrons. The number of carbonyl (C=O) groups excluding carboxylic acids is 1. The van der Waals surface area contributed by atoms with Gasteiger partial charge in [0.15, 0.2) is 0 Å². The molecule has 0 atom stereocenters. The highest BCUT2D eigenvalue weighted by atomic mass is 16.2. The molecular formula is C23H26N4O2. The monoisotopic (exact) mass is 390 g/mol. The van der Waals surface area contributed by atoms with Crippen molar-refractivity contribution in [2.75, 3.05) is 11.9 Å². The van der Waals surface area contributed by atoms with E-state index in [1.807, 2.05) is 30.3 Å². The van der Waals surface area contributed by atoms with Gasteiger partial charge in [-0.05, 0) is 49.1 Å². The molecule has 0 saturated carbocycles. The fourth-order valence-electron chi connectivity index (χ4n) is 3.17. The van der Waals surface area contributed by atoms with Gasteiger partial charge < -0.3 is 9.88 Å². The molecule has 1 amide bonds. The standard InChI is InChI=1S/C23H26N4O2/c1-15(2)17-7-9-19(10-8-17)27(4)21(28)12-11-20-16(3)25-22(26-23(20)29)18-6-5-13-24-14-18/h5-10,13-15H,11-12H2,1-4H3,(H,25,26,29). The van der Waals surface area contributed by atoms with E-state index in [1.54, 1.807) is 37.3 Å². The first-order valence-electron chi connectivity index (χ1n) is 9.73. The molecule has 0 bridgehead atoms. The third kappa shape index (κ3) is 4.77. The molecule has 1 N–H and O–H groups in total. The molecule has 2 heterocycles. The number of nitrogens with zero attached hydrogens (tertiary/aromatic N) is 3. The number of rotatable bonds is 6. The van der Waals surface area contributed by atoms with Crippen LogP contribution in [0.2, 0.25) is 0 Å². The molecule has 6 nitrogen and oxygen atoms in total. The van der Waals surface area contributed by atoms with Gasteiger partial charge in [0.05, 0.1) is 0 Å². The number of pyridine rings is 1. The number of nitrogens with one attached hydrogen (secondary N) is 1. The van der Waals surface area contributed by atoms with E-state index in [2.05, 4.69) is 28.8 Å². The minimum Gasteiger partial charge on any atom is -0.315 e. The highest BCUT2D eigenvalue weighted by molar-refractivity contribution is 5.92. The van der Waals surface area contributed by atoms with Gasteiger partial charge in [-0.2, -0.15) is 0 Å². The van der Waals surface area contributed by atoms with Crippen molar-refractivity contribution in [3.05, 3.63) is 76.0 Å². The highest BCUT2D eigenvalue weighted by Crippen LogP contribution is 2.20. The quantitative estimate of drug-likeness (QED) is 0.693. The van der Waals surface area contributed by atoms with Gasteiger partial charge in [0.1, 0.15) is 5.82 Å². The maximum absolute atomic E-state index is 12.6. The Balaban J connectivity index is 1.70. The van der Waals surface area contributed by atoms with E-state index >= 15 is 0 Å². The van der Waals surface area contributed by atoms with Gasteiger partial charge in [-0.15, -0.1) is 0 Å². The van der Waals surface area contributed by atoms with Crippen LogP contribution in [0.25, 0.3) is 11.4 Å². The average Bonchev–Trinajstić information content (AvgIpc) is 2.73. The Morgan fingerprint density at radius 2 is 1.90 bits per heavy atom. The van der Waals surface area contributed by atoms with Gasteiger partial charge in [0.2, 0.25) is 5.91 Å². The molecule has 0 saturated heterocycles. The maximum Gasteiger partial charge on any atom is 0.254 e.